The highest BCUT2D eigenvalue weighted by atomic mass is 35.5. The Bertz CT molecular complexity index is 190. The van der Waals surface area contributed by atoms with Gasteiger partial charge in [-0.25, -0.2) is 0 Å². The maximum absolute atomic E-state index is 11.6. The standard InChI is InChI=1S/C11H21ClO2/c1-6(2)9(12)11(14)8(5)10(13)7(3)4/h6-9,11,14H,1-5H3/t8-,9-,11+/m0/s1. The van der Waals surface area contributed by atoms with Crippen molar-refractivity contribution >= 4 is 17.4 Å². The van der Waals surface area contributed by atoms with E-state index in [1.807, 2.05) is 27.7 Å². The van der Waals surface area contributed by atoms with E-state index in [9.17, 15) is 9.90 Å². The number of aliphatic hydroxyl groups excluding tert-OH is 1. The second kappa shape index (κ2) is 5.72. The van der Waals surface area contributed by atoms with Crippen molar-refractivity contribution in [1.82, 2.24) is 0 Å². The lowest BCUT2D eigenvalue weighted by Crippen LogP contribution is -2.37. The summed E-state index contributed by atoms with van der Waals surface area (Å²) in [6.45, 7) is 9.29. The van der Waals surface area contributed by atoms with Gasteiger partial charge in [0.05, 0.1) is 11.5 Å². The van der Waals surface area contributed by atoms with Gasteiger partial charge in [0.15, 0.2) is 0 Å². The molecule has 0 saturated heterocycles. The molecule has 0 rings (SSSR count). The minimum atomic E-state index is -0.744. The Kier molecular flexibility index (Phi) is 5.68. The zero-order valence-corrected chi connectivity index (χ0v) is 10.4. The van der Waals surface area contributed by atoms with Gasteiger partial charge in [-0.2, -0.15) is 0 Å². The largest absolute Gasteiger partial charge is 0.391 e. The third-order valence-electron chi connectivity index (χ3n) is 2.49. The van der Waals surface area contributed by atoms with Crippen molar-refractivity contribution in [2.24, 2.45) is 17.8 Å². The molecule has 0 heterocycles. The lowest BCUT2D eigenvalue weighted by Gasteiger charge is -2.25. The monoisotopic (exact) mass is 220 g/mol. The predicted octanol–water partition coefficient (Wildman–Crippen LogP) is 2.47. The van der Waals surface area contributed by atoms with E-state index in [2.05, 4.69) is 0 Å². The Morgan fingerprint density at radius 3 is 1.86 bits per heavy atom. The number of aliphatic hydroxyl groups is 1. The molecule has 0 saturated carbocycles. The Balaban J connectivity index is 4.38. The highest BCUT2D eigenvalue weighted by Crippen LogP contribution is 2.22. The Morgan fingerprint density at radius 2 is 1.57 bits per heavy atom. The fourth-order valence-corrected chi connectivity index (χ4v) is 1.58. The highest BCUT2D eigenvalue weighted by Gasteiger charge is 2.30. The van der Waals surface area contributed by atoms with Crippen molar-refractivity contribution in [3.05, 3.63) is 0 Å². The molecule has 3 atom stereocenters. The van der Waals surface area contributed by atoms with E-state index in [1.54, 1.807) is 6.92 Å². The molecule has 84 valence electrons. The van der Waals surface area contributed by atoms with Crippen LogP contribution in [-0.2, 0) is 4.79 Å². The molecule has 0 fully saturated rings. The van der Waals surface area contributed by atoms with Crippen LogP contribution in [0.25, 0.3) is 0 Å². The van der Waals surface area contributed by atoms with E-state index >= 15 is 0 Å². The second-order valence-electron chi connectivity index (χ2n) is 4.52. The normalized spacial score (nSPS) is 18.4. The van der Waals surface area contributed by atoms with Gasteiger partial charge in [0.1, 0.15) is 5.78 Å². The fourth-order valence-electron chi connectivity index (χ4n) is 1.36. The third kappa shape index (κ3) is 3.58. The van der Waals surface area contributed by atoms with Gasteiger partial charge < -0.3 is 5.11 Å². The number of hydrogen-bond acceptors (Lipinski definition) is 2. The summed E-state index contributed by atoms with van der Waals surface area (Å²) in [6.07, 6.45) is -0.744. The zero-order chi connectivity index (χ0) is 11.5. The molecule has 0 spiro atoms. The average Bonchev–Trinajstić information content (AvgIpc) is 2.12. The first-order valence-electron chi connectivity index (χ1n) is 5.14. The van der Waals surface area contributed by atoms with Crippen molar-refractivity contribution in [2.45, 2.75) is 46.1 Å². The summed E-state index contributed by atoms with van der Waals surface area (Å²) >= 11 is 6.01. The molecule has 0 bridgehead atoms. The number of hydrogen-bond donors (Lipinski definition) is 1. The van der Waals surface area contributed by atoms with E-state index in [0.29, 0.717) is 0 Å². The van der Waals surface area contributed by atoms with Gasteiger partial charge in [0.25, 0.3) is 0 Å². The number of rotatable bonds is 5. The van der Waals surface area contributed by atoms with Gasteiger partial charge in [-0.05, 0) is 5.92 Å². The molecule has 2 nitrogen and oxygen atoms in total. The van der Waals surface area contributed by atoms with E-state index < -0.39 is 6.10 Å². The van der Waals surface area contributed by atoms with Crippen LogP contribution >= 0.6 is 11.6 Å². The van der Waals surface area contributed by atoms with E-state index in [0.717, 1.165) is 0 Å². The van der Waals surface area contributed by atoms with Crippen molar-refractivity contribution in [2.75, 3.05) is 0 Å². The number of halogens is 1. The molecule has 0 aliphatic rings. The Morgan fingerprint density at radius 1 is 1.14 bits per heavy atom. The molecule has 1 N–H and O–H groups in total. The SMILES string of the molecule is CC(C)C(=O)[C@H](C)[C@@H](O)[C@@H](Cl)C(C)C. The second-order valence-corrected chi connectivity index (χ2v) is 5.03. The molecule has 0 radical (unpaired) electrons. The molecular formula is C11H21ClO2. The van der Waals surface area contributed by atoms with Gasteiger partial charge in [0, 0.05) is 11.8 Å². The van der Waals surface area contributed by atoms with Gasteiger partial charge in [0.2, 0.25) is 0 Å². The van der Waals surface area contributed by atoms with Gasteiger partial charge in [-0.3, -0.25) is 4.79 Å². The summed E-state index contributed by atoms with van der Waals surface area (Å²) in [5.74, 6) is -0.173. The number of carbonyl (C=O) groups excluding carboxylic acids is 1. The molecule has 3 heteroatoms. The molecule has 0 unspecified atom stereocenters. The first-order chi connectivity index (χ1) is 6.29. The number of alkyl halides is 1. The van der Waals surface area contributed by atoms with Crippen LogP contribution in [0.5, 0.6) is 0 Å². The average molecular weight is 221 g/mol. The van der Waals surface area contributed by atoms with Crippen molar-refractivity contribution in [3.63, 3.8) is 0 Å². The molecular weight excluding hydrogens is 200 g/mol. The van der Waals surface area contributed by atoms with Gasteiger partial charge in [-0.1, -0.05) is 34.6 Å². The number of carbonyl (C=O) groups is 1. The Hall–Kier alpha value is -0.0800. The lowest BCUT2D eigenvalue weighted by atomic mass is 9.88. The van der Waals surface area contributed by atoms with Crippen molar-refractivity contribution < 1.29 is 9.90 Å². The lowest BCUT2D eigenvalue weighted by molar-refractivity contribution is -0.128. The summed E-state index contributed by atoms with van der Waals surface area (Å²) in [5.41, 5.74) is 0. The highest BCUT2D eigenvalue weighted by molar-refractivity contribution is 6.21. The van der Waals surface area contributed by atoms with Crippen LogP contribution < -0.4 is 0 Å². The van der Waals surface area contributed by atoms with Crippen molar-refractivity contribution in [1.29, 1.82) is 0 Å². The molecule has 0 aliphatic carbocycles. The van der Waals surface area contributed by atoms with Crippen LogP contribution in [-0.4, -0.2) is 22.4 Å². The first-order valence-corrected chi connectivity index (χ1v) is 5.58. The van der Waals surface area contributed by atoms with Crippen molar-refractivity contribution in [3.8, 4) is 0 Å². The summed E-state index contributed by atoms with van der Waals surface area (Å²) < 4.78 is 0. The Labute approximate surface area is 91.6 Å². The quantitative estimate of drug-likeness (QED) is 0.723. The molecule has 0 aliphatic heterocycles. The maximum Gasteiger partial charge on any atom is 0.140 e. The molecule has 0 aromatic carbocycles. The summed E-state index contributed by atoms with van der Waals surface area (Å²) in [6, 6.07) is 0. The summed E-state index contributed by atoms with van der Waals surface area (Å²) in [7, 11) is 0. The zero-order valence-electron chi connectivity index (χ0n) is 9.62. The third-order valence-corrected chi connectivity index (χ3v) is 3.26. The van der Waals surface area contributed by atoms with Crippen LogP contribution in [0, 0.1) is 17.8 Å². The van der Waals surface area contributed by atoms with E-state index in [4.69, 9.17) is 11.6 Å². The fraction of sp³-hybridized carbons (Fsp3) is 0.909. The summed E-state index contributed by atoms with van der Waals surface area (Å²) in [5, 5.41) is 9.47. The molecule has 0 aromatic rings. The van der Waals surface area contributed by atoms with Crippen LogP contribution in [0.1, 0.15) is 34.6 Å². The van der Waals surface area contributed by atoms with Gasteiger partial charge >= 0.3 is 0 Å². The van der Waals surface area contributed by atoms with Crippen LogP contribution in [0.3, 0.4) is 0 Å². The summed E-state index contributed by atoms with van der Waals surface area (Å²) in [4.78, 5) is 11.6. The maximum atomic E-state index is 11.6. The predicted molar refractivity (Wildman–Crippen MR) is 59.5 cm³/mol. The van der Waals surface area contributed by atoms with E-state index in [-0.39, 0.29) is 28.9 Å². The van der Waals surface area contributed by atoms with E-state index in [1.165, 1.54) is 0 Å². The smallest absolute Gasteiger partial charge is 0.140 e. The molecule has 0 amide bonds. The number of Topliss-reactive ketones (excluding diaryl/α,β-unsaturated/α-hetero) is 1. The van der Waals surface area contributed by atoms with Crippen LogP contribution in [0.4, 0.5) is 0 Å². The van der Waals surface area contributed by atoms with Crippen LogP contribution in [0.15, 0.2) is 0 Å². The number of ketones is 1. The van der Waals surface area contributed by atoms with Crippen LogP contribution in [0.2, 0.25) is 0 Å². The first kappa shape index (κ1) is 13.9. The molecule has 0 aromatic heterocycles. The topological polar surface area (TPSA) is 37.3 Å². The molecule has 14 heavy (non-hydrogen) atoms. The minimum absolute atomic E-state index is 0.0457. The van der Waals surface area contributed by atoms with Gasteiger partial charge in [-0.15, -0.1) is 11.6 Å². The minimum Gasteiger partial charge on any atom is -0.391 e.